The highest BCUT2D eigenvalue weighted by atomic mass is 35.5. The third-order valence-electron chi connectivity index (χ3n) is 5.01. The summed E-state index contributed by atoms with van der Waals surface area (Å²) in [6.07, 6.45) is 6.22. The van der Waals surface area contributed by atoms with Gasteiger partial charge in [0.25, 0.3) is 0 Å². The van der Waals surface area contributed by atoms with Crippen molar-refractivity contribution in [1.29, 1.82) is 0 Å². The first-order chi connectivity index (χ1) is 15.2. The van der Waals surface area contributed by atoms with Crippen molar-refractivity contribution in [3.05, 3.63) is 89.1 Å². The zero-order chi connectivity index (χ0) is 22.9. The van der Waals surface area contributed by atoms with Crippen LogP contribution in [0.1, 0.15) is 11.3 Å². The predicted molar refractivity (Wildman–Crippen MR) is 106 cm³/mol. The van der Waals surface area contributed by atoms with Crippen molar-refractivity contribution in [2.45, 2.75) is 24.1 Å². The molecule has 0 saturated carbocycles. The summed E-state index contributed by atoms with van der Waals surface area (Å²) >= 11 is 5.81. The van der Waals surface area contributed by atoms with Crippen LogP contribution in [0.4, 0.5) is 17.6 Å². The Balaban J connectivity index is 1.69. The van der Waals surface area contributed by atoms with Gasteiger partial charge in [0.15, 0.2) is 5.60 Å². The summed E-state index contributed by atoms with van der Waals surface area (Å²) in [5.41, 5.74) is -2.96. The van der Waals surface area contributed by atoms with Gasteiger partial charge >= 0.3 is 5.92 Å². The molecule has 0 fully saturated rings. The summed E-state index contributed by atoms with van der Waals surface area (Å²) < 4.78 is 60.2. The van der Waals surface area contributed by atoms with E-state index in [1.54, 1.807) is 12.1 Å². The number of nitrogens with zero attached hydrogens (tertiary/aromatic N) is 5. The molecule has 0 radical (unpaired) electrons. The van der Waals surface area contributed by atoms with Gasteiger partial charge in [-0.2, -0.15) is 0 Å². The number of tetrazole rings is 1. The molecule has 0 amide bonds. The SMILES string of the molecule is OC(Cn1cnnn1)(c1ccc(F)cc1F)C(F)(F)C1C=CC(c2ccc(Cl)cn2)=CN1. The van der Waals surface area contributed by atoms with E-state index in [9.17, 15) is 13.9 Å². The molecule has 0 bridgehead atoms. The summed E-state index contributed by atoms with van der Waals surface area (Å²) in [6.45, 7) is -0.892. The van der Waals surface area contributed by atoms with Crippen LogP contribution >= 0.6 is 11.6 Å². The second-order valence-electron chi connectivity index (χ2n) is 7.08. The van der Waals surface area contributed by atoms with Crippen molar-refractivity contribution in [3.63, 3.8) is 0 Å². The minimum absolute atomic E-state index is 0.417. The first kappa shape index (κ1) is 21.9. The van der Waals surface area contributed by atoms with E-state index < -0.39 is 41.3 Å². The number of rotatable bonds is 6. The lowest BCUT2D eigenvalue weighted by molar-refractivity contribution is -0.206. The molecule has 166 valence electrons. The summed E-state index contributed by atoms with van der Waals surface area (Å²) in [7, 11) is 0. The van der Waals surface area contributed by atoms with Crippen molar-refractivity contribution in [2.24, 2.45) is 0 Å². The first-order valence-corrected chi connectivity index (χ1v) is 9.61. The van der Waals surface area contributed by atoms with E-state index in [1.165, 1.54) is 18.5 Å². The van der Waals surface area contributed by atoms with Crippen LogP contribution in [0.15, 0.2) is 61.2 Å². The maximum atomic E-state index is 15.7. The van der Waals surface area contributed by atoms with E-state index in [0.29, 0.717) is 22.4 Å². The summed E-state index contributed by atoms with van der Waals surface area (Å²) in [4.78, 5) is 4.12. The van der Waals surface area contributed by atoms with Crippen LogP contribution in [-0.4, -0.2) is 42.3 Å². The van der Waals surface area contributed by atoms with Gasteiger partial charge in [-0.1, -0.05) is 23.8 Å². The molecule has 2 unspecified atom stereocenters. The highest BCUT2D eigenvalue weighted by Gasteiger charge is 2.59. The van der Waals surface area contributed by atoms with Gasteiger partial charge in [-0.3, -0.25) is 4.98 Å². The van der Waals surface area contributed by atoms with Crippen molar-refractivity contribution in [2.75, 3.05) is 0 Å². The maximum absolute atomic E-state index is 15.7. The zero-order valence-electron chi connectivity index (χ0n) is 16.1. The van der Waals surface area contributed by atoms with Crippen LogP contribution in [0.3, 0.4) is 0 Å². The number of dihydropyridines is 1. The molecule has 1 aliphatic heterocycles. The van der Waals surface area contributed by atoms with Crippen molar-refractivity contribution in [3.8, 4) is 0 Å². The number of allylic oxidation sites excluding steroid dienone is 2. The molecular formula is C20H15ClF4N6O. The molecule has 3 aromatic rings. The number of alkyl halides is 2. The van der Waals surface area contributed by atoms with Crippen LogP contribution in [0.25, 0.3) is 5.57 Å². The topological polar surface area (TPSA) is 88.8 Å². The van der Waals surface area contributed by atoms with Gasteiger partial charge in [0.1, 0.15) is 24.0 Å². The first-order valence-electron chi connectivity index (χ1n) is 9.23. The largest absolute Gasteiger partial charge is 0.379 e. The van der Waals surface area contributed by atoms with Crippen LogP contribution in [0.2, 0.25) is 5.02 Å². The average molecular weight is 467 g/mol. The van der Waals surface area contributed by atoms with Gasteiger partial charge in [-0.15, -0.1) is 5.10 Å². The quantitative estimate of drug-likeness (QED) is 0.543. The molecule has 0 spiro atoms. The highest BCUT2D eigenvalue weighted by molar-refractivity contribution is 6.30. The van der Waals surface area contributed by atoms with Gasteiger partial charge in [0.05, 0.1) is 17.3 Å². The second-order valence-corrected chi connectivity index (χ2v) is 7.52. The molecule has 0 saturated heterocycles. The average Bonchev–Trinajstić information content (AvgIpc) is 3.27. The molecule has 7 nitrogen and oxygen atoms in total. The normalized spacial score (nSPS) is 18.1. The molecule has 4 rings (SSSR count). The lowest BCUT2D eigenvalue weighted by Gasteiger charge is -2.40. The van der Waals surface area contributed by atoms with E-state index in [-0.39, 0.29) is 0 Å². The fourth-order valence-corrected chi connectivity index (χ4v) is 3.47. The molecule has 32 heavy (non-hydrogen) atoms. The Morgan fingerprint density at radius 1 is 1.19 bits per heavy atom. The van der Waals surface area contributed by atoms with Gasteiger partial charge in [0, 0.05) is 29.6 Å². The minimum atomic E-state index is -4.00. The van der Waals surface area contributed by atoms with Crippen LogP contribution in [0, 0.1) is 11.6 Å². The molecule has 0 aliphatic carbocycles. The van der Waals surface area contributed by atoms with Crippen LogP contribution in [-0.2, 0) is 12.1 Å². The van der Waals surface area contributed by atoms with Gasteiger partial charge in [0.2, 0.25) is 0 Å². The monoisotopic (exact) mass is 466 g/mol. The van der Waals surface area contributed by atoms with Crippen molar-refractivity contribution >= 4 is 17.2 Å². The smallest absolute Gasteiger partial charge is 0.305 e. The lowest BCUT2D eigenvalue weighted by Crippen LogP contribution is -2.59. The maximum Gasteiger partial charge on any atom is 0.305 e. The van der Waals surface area contributed by atoms with E-state index >= 15 is 8.78 Å². The zero-order valence-corrected chi connectivity index (χ0v) is 16.9. The van der Waals surface area contributed by atoms with E-state index in [1.807, 2.05) is 0 Å². The highest BCUT2D eigenvalue weighted by Crippen LogP contribution is 2.43. The molecule has 2 N–H and O–H groups in total. The van der Waals surface area contributed by atoms with Crippen LogP contribution < -0.4 is 5.32 Å². The third kappa shape index (κ3) is 3.96. The standard InChI is InChI=1S/C20H15ClF4N6O/c21-13-2-5-17(26-9-13)12-1-6-18(27-8-12)20(24,25)19(32,10-31-11-28-29-30-31)15-4-3-14(22)7-16(15)23/h1-9,11,18,27,32H,10H2. The molecule has 1 aliphatic rings. The predicted octanol–water partition coefficient (Wildman–Crippen LogP) is 3.09. The Morgan fingerprint density at radius 3 is 2.59 bits per heavy atom. The number of hydrogen-bond donors (Lipinski definition) is 2. The third-order valence-corrected chi connectivity index (χ3v) is 5.23. The number of halogens is 5. The molecule has 2 atom stereocenters. The fourth-order valence-electron chi connectivity index (χ4n) is 3.35. The fraction of sp³-hybridized carbons (Fsp3) is 0.200. The molecule has 2 aromatic heterocycles. The van der Waals surface area contributed by atoms with E-state index in [4.69, 9.17) is 11.6 Å². The number of aliphatic hydroxyl groups is 1. The second kappa shape index (κ2) is 8.32. The Labute approximate surface area is 184 Å². The number of benzene rings is 1. The number of hydrogen-bond acceptors (Lipinski definition) is 6. The number of pyridine rings is 1. The Kier molecular flexibility index (Phi) is 5.70. The molecule has 12 heteroatoms. The van der Waals surface area contributed by atoms with E-state index in [0.717, 1.165) is 29.2 Å². The van der Waals surface area contributed by atoms with E-state index in [2.05, 4.69) is 25.8 Å². The summed E-state index contributed by atoms with van der Waals surface area (Å²) in [5.74, 6) is -6.30. The van der Waals surface area contributed by atoms with Crippen LogP contribution in [0.5, 0.6) is 0 Å². The molecular weight excluding hydrogens is 452 g/mol. The number of nitrogens with one attached hydrogen (secondary N) is 1. The molecule has 3 heterocycles. The minimum Gasteiger partial charge on any atom is -0.379 e. The summed E-state index contributed by atoms with van der Waals surface area (Å²) in [6, 6.07) is 3.44. The van der Waals surface area contributed by atoms with Gasteiger partial charge in [-0.25, -0.2) is 22.2 Å². The lowest BCUT2D eigenvalue weighted by atomic mass is 9.82. The summed E-state index contributed by atoms with van der Waals surface area (Å²) in [5, 5.41) is 24.3. The van der Waals surface area contributed by atoms with Crippen molar-refractivity contribution in [1.82, 2.24) is 30.5 Å². The Bertz CT molecular complexity index is 1170. The van der Waals surface area contributed by atoms with Crippen molar-refractivity contribution < 1.29 is 22.7 Å². The van der Waals surface area contributed by atoms with Gasteiger partial charge < -0.3 is 10.4 Å². The Hall–Kier alpha value is -3.31. The Morgan fingerprint density at radius 2 is 2.00 bits per heavy atom. The van der Waals surface area contributed by atoms with Gasteiger partial charge in [-0.05, 0) is 34.7 Å². The molecule has 1 aromatic carbocycles. The number of aromatic nitrogens is 5.